The summed E-state index contributed by atoms with van der Waals surface area (Å²) in [7, 11) is 0. The summed E-state index contributed by atoms with van der Waals surface area (Å²) in [6.07, 6.45) is 6.59. The summed E-state index contributed by atoms with van der Waals surface area (Å²) >= 11 is 0. The summed E-state index contributed by atoms with van der Waals surface area (Å²) in [5.41, 5.74) is 6.30. The topological polar surface area (TPSA) is 70.2 Å². The number of benzene rings is 2. The molecule has 2 N–H and O–H groups in total. The molecule has 1 unspecified atom stereocenters. The minimum Gasteiger partial charge on any atom is -0.312 e. The molecule has 36 heavy (non-hydrogen) atoms. The Labute approximate surface area is 212 Å². The van der Waals surface area contributed by atoms with Crippen molar-refractivity contribution in [2.45, 2.75) is 44.9 Å². The third kappa shape index (κ3) is 5.96. The number of aryl methyl sites for hydroxylation is 1. The minimum atomic E-state index is -0.108. The minimum absolute atomic E-state index is 0.0507. The molecule has 0 bridgehead atoms. The van der Waals surface area contributed by atoms with Gasteiger partial charge in [0.05, 0.1) is 17.4 Å². The van der Waals surface area contributed by atoms with E-state index in [4.69, 9.17) is 0 Å². The van der Waals surface area contributed by atoms with Crippen LogP contribution in [0, 0.1) is 0 Å². The van der Waals surface area contributed by atoms with Crippen molar-refractivity contribution in [2.75, 3.05) is 5.32 Å². The van der Waals surface area contributed by atoms with E-state index in [1.807, 2.05) is 77.8 Å². The largest absolute Gasteiger partial charge is 0.322 e. The Kier molecular flexibility index (Phi) is 7.64. The molecular formula is C30H31N5O. The standard InChI is InChI=1S/C30H31N5O/c36-30(34-26-16-14-23(15-17-26)20-31-21-27-12-4-5-18-32-27)35(22-24-8-2-1-3-9-24)28-13-6-10-25-11-7-19-33-29(25)28/h1-5,7-9,11-12,14-19,28,31H,6,10,13,20-22H2,(H,34,36). The number of urea groups is 1. The highest BCUT2D eigenvalue weighted by Crippen LogP contribution is 2.34. The fraction of sp³-hybridized carbons (Fsp3) is 0.233. The highest BCUT2D eigenvalue weighted by atomic mass is 16.2. The lowest BCUT2D eigenvalue weighted by Crippen LogP contribution is -2.39. The van der Waals surface area contributed by atoms with Crippen molar-refractivity contribution >= 4 is 11.7 Å². The highest BCUT2D eigenvalue weighted by Gasteiger charge is 2.30. The Morgan fingerprint density at radius 3 is 2.44 bits per heavy atom. The number of amides is 2. The maximum Gasteiger partial charge on any atom is 0.322 e. The molecule has 0 radical (unpaired) electrons. The van der Waals surface area contributed by atoms with Crippen LogP contribution in [0.3, 0.4) is 0 Å². The van der Waals surface area contributed by atoms with Gasteiger partial charge in [0.1, 0.15) is 0 Å². The Bertz CT molecular complexity index is 1260. The van der Waals surface area contributed by atoms with Crippen LogP contribution in [-0.4, -0.2) is 20.9 Å². The van der Waals surface area contributed by atoms with Gasteiger partial charge in [-0.2, -0.15) is 0 Å². The Morgan fingerprint density at radius 1 is 0.833 bits per heavy atom. The third-order valence-corrected chi connectivity index (χ3v) is 6.56. The van der Waals surface area contributed by atoms with Crippen LogP contribution in [0.2, 0.25) is 0 Å². The molecule has 2 amide bonds. The molecule has 1 aliphatic carbocycles. The van der Waals surface area contributed by atoms with E-state index >= 15 is 0 Å². The van der Waals surface area contributed by atoms with Crippen LogP contribution >= 0.6 is 0 Å². The molecular weight excluding hydrogens is 446 g/mol. The van der Waals surface area contributed by atoms with Gasteiger partial charge in [0.25, 0.3) is 0 Å². The molecule has 6 heteroatoms. The second-order valence-electron chi connectivity index (χ2n) is 9.12. The van der Waals surface area contributed by atoms with E-state index in [2.05, 4.69) is 38.8 Å². The van der Waals surface area contributed by atoms with Gasteiger partial charge in [-0.25, -0.2) is 4.79 Å². The lowest BCUT2D eigenvalue weighted by Gasteiger charge is -2.35. The van der Waals surface area contributed by atoms with E-state index in [9.17, 15) is 4.79 Å². The quantitative estimate of drug-likeness (QED) is 0.333. The van der Waals surface area contributed by atoms with Crippen molar-refractivity contribution in [3.8, 4) is 0 Å². The first kappa shape index (κ1) is 23.7. The first-order valence-electron chi connectivity index (χ1n) is 12.5. The number of carbonyl (C=O) groups excluding carboxylic acids is 1. The van der Waals surface area contributed by atoms with Crippen molar-refractivity contribution in [3.63, 3.8) is 0 Å². The maximum absolute atomic E-state index is 13.6. The molecule has 5 rings (SSSR count). The predicted octanol–water partition coefficient (Wildman–Crippen LogP) is 5.88. The van der Waals surface area contributed by atoms with E-state index in [0.29, 0.717) is 13.1 Å². The smallest absolute Gasteiger partial charge is 0.312 e. The molecule has 2 aromatic heterocycles. The van der Waals surface area contributed by atoms with Gasteiger partial charge in [-0.15, -0.1) is 0 Å². The van der Waals surface area contributed by atoms with Gasteiger partial charge in [0, 0.05) is 37.7 Å². The second-order valence-corrected chi connectivity index (χ2v) is 9.12. The Hall–Kier alpha value is -4.03. The predicted molar refractivity (Wildman–Crippen MR) is 142 cm³/mol. The zero-order chi connectivity index (χ0) is 24.6. The van der Waals surface area contributed by atoms with Crippen molar-refractivity contribution in [2.24, 2.45) is 0 Å². The Balaban J connectivity index is 1.27. The molecule has 1 atom stereocenters. The number of anilines is 1. The highest BCUT2D eigenvalue weighted by molar-refractivity contribution is 5.89. The van der Waals surface area contributed by atoms with E-state index in [-0.39, 0.29) is 12.1 Å². The zero-order valence-electron chi connectivity index (χ0n) is 20.3. The second kappa shape index (κ2) is 11.6. The lowest BCUT2D eigenvalue weighted by atomic mass is 9.90. The average Bonchev–Trinajstić information content (AvgIpc) is 2.93. The average molecular weight is 478 g/mol. The molecule has 182 valence electrons. The zero-order valence-corrected chi connectivity index (χ0v) is 20.3. The van der Waals surface area contributed by atoms with Gasteiger partial charge in [0.2, 0.25) is 0 Å². The van der Waals surface area contributed by atoms with Crippen LogP contribution in [0.1, 0.15) is 47.0 Å². The van der Waals surface area contributed by atoms with Crippen LogP contribution < -0.4 is 10.6 Å². The molecule has 4 aromatic rings. The first-order valence-corrected chi connectivity index (χ1v) is 12.5. The van der Waals surface area contributed by atoms with Gasteiger partial charge < -0.3 is 15.5 Å². The van der Waals surface area contributed by atoms with E-state index in [1.165, 1.54) is 5.56 Å². The molecule has 0 spiro atoms. The van der Waals surface area contributed by atoms with Crippen molar-refractivity contribution in [3.05, 3.63) is 125 Å². The van der Waals surface area contributed by atoms with Gasteiger partial charge in [-0.1, -0.05) is 54.6 Å². The van der Waals surface area contributed by atoms with Crippen LogP contribution in [0.5, 0.6) is 0 Å². The maximum atomic E-state index is 13.6. The van der Waals surface area contributed by atoms with E-state index in [0.717, 1.165) is 54.0 Å². The number of nitrogens with zero attached hydrogens (tertiary/aromatic N) is 3. The summed E-state index contributed by atoms with van der Waals surface area (Å²) in [6.45, 7) is 1.98. The summed E-state index contributed by atoms with van der Waals surface area (Å²) in [5, 5.41) is 6.54. The first-order chi connectivity index (χ1) is 17.8. The molecule has 6 nitrogen and oxygen atoms in total. The van der Waals surface area contributed by atoms with E-state index in [1.54, 1.807) is 6.20 Å². The lowest BCUT2D eigenvalue weighted by molar-refractivity contribution is 0.173. The molecule has 2 aromatic carbocycles. The molecule has 0 aliphatic heterocycles. The van der Waals surface area contributed by atoms with Crippen molar-refractivity contribution < 1.29 is 4.79 Å². The number of pyridine rings is 2. The number of fused-ring (bicyclic) bond motifs is 1. The van der Waals surface area contributed by atoms with Crippen molar-refractivity contribution in [1.82, 2.24) is 20.2 Å². The van der Waals surface area contributed by atoms with Gasteiger partial charge in [0.15, 0.2) is 0 Å². The van der Waals surface area contributed by atoms with E-state index < -0.39 is 0 Å². The molecule has 1 aliphatic rings. The SMILES string of the molecule is O=C(Nc1ccc(CNCc2ccccn2)cc1)N(Cc1ccccc1)C1CCCc2cccnc21. The van der Waals surface area contributed by atoms with Crippen LogP contribution in [0.4, 0.5) is 10.5 Å². The fourth-order valence-corrected chi connectivity index (χ4v) is 4.73. The molecule has 0 saturated heterocycles. The number of rotatable bonds is 8. The summed E-state index contributed by atoms with van der Waals surface area (Å²) in [4.78, 5) is 24.6. The normalized spacial score (nSPS) is 14.6. The number of carbonyl (C=O) groups is 1. The molecule has 2 heterocycles. The third-order valence-electron chi connectivity index (χ3n) is 6.56. The molecule has 0 saturated carbocycles. The monoisotopic (exact) mass is 477 g/mol. The summed E-state index contributed by atoms with van der Waals surface area (Å²) in [5.74, 6) is 0. The summed E-state index contributed by atoms with van der Waals surface area (Å²) in [6, 6.07) is 28.0. The number of aromatic nitrogens is 2. The Morgan fingerprint density at radius 2 is 1.64 bits per heavy atom. The number of nitrogens with one attached hydrogen (secondary N) is 2. The number of hydrogen-bond acceptors (Lipinski definition) is 4. The number of hydrogen-bond donors (Lipinski definition) is 2. The van der Waals surface area contributed by atoms with Gasteiger partial charge >= 0.3 is 6.03 Å². The van der Waals surface area contributed by atoms with Crippen LogP contribution in [-0.2, 0) is 26.1 Å². The van der Waals surface area contributed by atoms with Crippen LogP contribution in [0.25, 0.3) is 0 Å². The van der Waals surface area contributed by atoms with Crippen LogP contribution in [0.15, 0.2) is 97.3 Å². The van der Waals surface area contributed by atoms with Gasteiger partial charge in [-0.05, 0) is 66.3 Å². The van der Waals surface area contributed by atoms with Gasteiger partial charge in [-0.3, -0.25) is 9.97 Å². The molecule has 0 fully saturated rings. The van der Waals surface area contributed by atoms with Crippen molar-refractivity contribution in [1.29, 1.82) is 0 Å². The fourth-order valence-electron chi connectivity index (χ4n) is 4.73. The summed E-state index contributed by atoms with van der Waals surface area (Å²) < 4.78 is 0.